The van der Waals surface area contributed by atoms with E-state index in [1.54, 1.807) is 13.8 Å². The molecular formula is C19H27N5O3. The summed E-state index contributed by atoms with van der Waals surface area (Å²) in [5, 5.41) is 3.90. The van der Waals surface area contributed by atoms with Crippen molar-refractivity contribution < 1.29 is 14.1 Å². The fourth-order valence-corrected chi connectivity index (χ4v) is 3.07. The Morgan fingerprint density at radius 1 is 1.26 bits per heavy atom. The Labute approximate surface area is 159 Å². The number of benzene rings is 1. The van der Waals surface area contributed by atoms with Gasteiger partial charge >= 0.3 is 0 Å². The van der Waals surface area contributed by atoms with Crippen LogP contribution in [0.25, 0.3) is 11.4 Å². The molecule has 0 spiro atoms. The Hall–Kier alpha value is -2.45. The van der Waals surface area contributed by atoms with E-state index in [0.29, 0.717) is 18.3 Å². The molecule has 1 amide bonds. The van der Waals surface area contributed by atoms with E-state index in [9.17, 15) is 4.79 Å². The third-order valence-corrected chi connectivity index (χ3v) is 4.60. The van der Waals surface area contributed by atoms with Gasteiger partial charge in [-0.25, -0.2) is 0 Å². The van der Waals surface area contributed by atoms with E-state index in [2.05, 4.69) is 15.0 Å². The second-order valence-corrected chi connectivity index (χ2v) is 6.82. The molecule has 0 unspecified atom stereocenters. The molecule has 0 aliphatic carbocycles. The van der Waals surface area contributed by atoms with Crippen LogP contribution in [0.5, 0.6) is 5.75 Å². The third-order valence-electron chi connectivity index (χ3n) is 4.60. The number of nitrogens with zero attached hydrogens (tertiary/aromatic N) is 4. The summed E-state index contributed by atoms with van der Waals surface area (Å²) in [4.78, 5) is 20.3. The first-order valence-corrected chi connectivity index (χ1v) is 9.33. The first-order chi connectivity index (χ1) is 13.0. The number of rotatable bonds is 7. The molecule has 27 heavy (non-hydrogen) atoms. The molecule has 1 aromatic carbocycles. The maximum absolute atomic E-state index is 11.9. The van der Waals surface area contributed by atoms with Crippen LogP contribution in [0.1, 0.15) is 19.2 Å². The van der Waals surface area contributed by atoms with Crippen molar-refractivity contribution >= 4 is 5.91 Å². The molecule has 1 saturated heterocycles. The number of aryl methyl sites for hydroxylation is 1. The van der Waals surface area contributed by atoms with E-state index in [1.807, 2.05) is 29.2 Å². The van der Waals surface area contributed by atoms with Crippen molar-refractivity contribution in [1.82, 2.24) is 19.9 Å². The van der Waals surface area contributed by atoms with E-state index in [0.717, 1.165) is 50.5 Å². The minimum atomic E-state index is -0.416. The molecule has 1 fully saturated rings. The van der Waals surface area contributed by atoms with Crippen LogP contribution in [-0.4, -0.2) is 71.2 Å². The van der Waals surface area contributed by atoms with Gasteiger partial charge in [-0.05, 0) is 37.6 Å². The highest BCUT2D eigenvalue weighted by Crippen LogP contribution is 2.20. The summed E-state index contributed by atoms with van der Waals surface area (Å²) >= 11 is 0. The number of amides is 1. The molecule has 1 atom stereocenters. The topological polar surface area (TPSA) is 97.7 Å². The van der Waals surface area contributed by atoms with Gasteiger partial charge in [0.2, 0.25) is 17.6 Å². The standard InChI is InChI=1S/C19H27N5O3/c1-14(20)19(25)24-11-9-23(10-12-24)8-3-13-26-17-6-4-16(5-7-17)18-21-15(2)27-22-18/h4-7,14H,3,8-13,20H2,1-2H3/t14-/m0/s1. The van der Waals surface area contributed by atoms with Crippen molar-refractivity contribution in [3.63, 3.8) is 0 Å². The van der Waals surface area contributed by atoms with Crippen LogP contribution in [0.4, 0.5) is 0 Å². The molecule has 1 aliphatic heterocycles. The number of aromatic nitrogens is 2. The maximum atomic E-state index is 11.9. The van der Waals surface area contributed by atoms with Gasteiger partial charge in [-0.15, -0.1) is 0 Å². The van der Waals surface area contributed by atoms with Crippen LogP contribution in [0.3, 0.4) is 0 Å². The number of hydrogen-bond acceptors (Lipinski definition) is 7. The number of piperazine rings is 1. The molecule has 2 N–H and O–H groups in total. The van der Waals surface area contributed by atoms with Crippen molar-refractivity contribution in [2.24, 2.45) is 5.73 Å². The lowest BCUT2D eigenvalue weighted by molar-refractivity contribution is -0.133. The monoisotopic (exact) mass is 373 g/mol. The smallest absolute Gasteiger partial charge is 0.239 e. The third kappa shape index (κ3) is 5.27. The summed E-state index contributed by atoms with van der Waals surface area (Å²) in [7, 11) is 0. The minimum absolute atomic E-state index is 0.0393. The van der Waals surface area contributed by atoms with Crippen LogP contribution in [-0.2, 0) is 4.79 Å². The molecule has 2 aromatic rings. The van der Waals surface area contributed by atoms with Gasteiger partial charge in [0.1, 0.15) is 5.75 Å². The summed E-state index contributed by atoms with van der Waals surface area (Å²) < 4.78 is 10.8. The maximum Gasteiger partial charge on any atom is 0.239 e. The average Bonchev–Trinajstić information content (AvgIpc) is 3.12. The quantitative estimate of drug-likeness (QED) is 0.731. The number of carbonyl (C=O) groups excluding carboxylic acids is 1. The van der Waals surface area contributed by atoms with Crippen molar-refractivity contribution in [1.29, 1.82) is 0 Å². The van der Waals surface area contributed by atoms with E-state index in [1.165, 1.54) is 0 Å². The van der Waals surface area contributed by atoms with Crippen LogP contribution >= 0.6 is 0 Å². The molecule has 2 heterocycles. The van der Waals surface area contributed by atoms with Crippen LogP contribution in [0.2, 0.25) is 0 Å². The number of carbonyl (C=O) groups is 1. The van der Waals surface area contributed by atoms with Crippen molar-refractivity contribution in [3.8, 4) is 17.1 Å². The van der Waals surface area contributed by atoms with Gasteiger partial charge in [0.05, 0.1) is 12.6 Å². The zero-order chi connectivity index (χ0) is 19.2. The van der Waals surface area contributed by atoms with Gasteiger partial charge in [0.15, 0.2) is 0 Å². The molecule has 8 heteroatoms. The lowest BCUT2D eigenvalue weighted by Gasteiger charge is -2.35. The molecule has 1 aromatic heterocycles. The Bertz CT molecular complexity index is 736. The molecule has 0 radical (unpaired) electrons. The van der Waals surface area contributed by atoms with E-state index >= 15 is 0 Å². The fourth-order valence-electron chi connectivity index (χ4n) is 3.07. The fraction of sp³-hybridized carbons (Fsp3) is 0.526. The Morgan fingerprint density at radius 2 is 1.96 bits per heavy atom. The molecule has 1 aliphatic rings. The van der Waals surface area contributed by atoms with E-state index in [-0.39, 0.29) is 5.91 Å². The van der Waals surface area contributed by atoms with Gasteiger partial charge in [-0.3, -0.25) is 9.69 Å². The van der Waals surface area contributed by atoms with Gasteiger partial charge in [-0.1, -0.05) is 5.16 Å². The van der Waals surface area contributed by atoms with Gasteiger partial charge in [-0.2, -0.15) is 4.98 Å². The highest BCUT2D eigenvalue weighted by molar-refractivity contribution is 5.81. The zero-order valence-electron chi connectivity index (χ0n) is 15.9. The van der Waals surface area contributed by atoms with Crippen molar-refractivity contribution in [2.45, 2.75) is 26.3 Å². The highest BCUT2D eigenvalue weighted by Gasteiger charge is 2.22. The Balaban J connectivity index is 1.35. The highest BCUT2D eigenvalue weighted by atomic mass is 16.5. The summed E-state index contributed by atoms with van der Waals surface area (Å²) in [6.07, 6.45) is 0.938. The van der Waals surface area contributed by atoms with Crippen LogP contribution in [0, 0.1) is 6.92 Å². The summed E-state index contributed by atoms with van der Waals surface area (Å²) in [6, 6.07) is 7.27. The van der Waals surface area contributed by atoms with E-state index in [4.69, 9.17) is 15.0 Å². The second-order valence-electron chi connectivity index (χ2n) is 6.82. The molecule has 0 bridgehead atoms. The van der Waals surface area contributed by atoms with Crippen molar-refractivity contribution in [2.75, 3.05) is 39.3 Å². The van der Waals surface area contributed by atoms with E-state index < -0.39 is 6.04 Å². The largest absolute Gasteiger partial charge is 0.494 e. The first-order valence-electron chi connectivity index (χ1n) is 9.33. The molecule has 0 saturated carbocycles. The summed E-state index contributed by atoms with van der Waals surface area (Å²) in [6.45, 7) is 8.39. The van der Waals surface area contributed by atoms with Gasteiger partial charge in [0, 0.05) is 45.2 Å². The predicted octanol–water partition coefficient (Wildman–Crippen LogP) is 1.31. The summed E-state index contributed by atoms with van der Waals surface area (Å²) in [5.74, 6) is 2.00. The van der Waals surface area contributed by atoms with Crippen LogP contribution < -0.4 is 10.5 Å². The van der Waals surface area contributed by atoms with Gasteiger partial charge in [0.25, 0.3) is 0 Å². The molecule has 8 nitrogen and oxygen atoms in total. The normalized spacial score (nSPS) is 16.3. The number of hydrogen-bond donors (Lipinski definition) is 1. The molecular weight excluding hydrogens is 346 g/mol. The zero-order valence-corrected chi connectivity index (χ0v) is 15.9. The van der Waals surface area contributed by atoms with Gasteiger partial charge < -0.3 is 19.9 Å². The molecule has 146 valence electrons. The number of nitrogens with two attached hydrogens (primary N) is 1. The Kier molecular flexibility index (Phi) is 6.41. The minimum Gasteiger partial charge on any atom is -0.494 e. The number of ether oxygens (including phenoxy) is 1. The Morgan fingerprint density at radius 3 is 2.56 bits per heavy atom. The lowest BCUT2D eigenvalue weighted by Crippen LogP contribution is -2.52. The molecule has 3 rings (SSSR count). The lowest BCUT2D eigenvalue weighted by atomic mass is 10.2. The first kappa shape index (κ1) is 19.3. The predicted molar refractivity (Wildman–Crippen MR) is 101 cm³/mol. The van der Waals surface area contributed by atoms with Crippen molar-refractivity contribution in [3.05, 3.63) is 30.2 Å². The second kappa shape index (κ2) is 8.96. The SMILES string of the molecule is Cc1nc(-c2ccc(OCCCN3CCN(C(=O)[C@H](C)N)CC3)cc2)no1. The van der Waals surface area contributed by atoms with Crippen LogP contribution in [0.15, 0.2) is 28.8 Å². The summed E-state index contributed by atoms with van der Waals surface area (Å²) in [5.41, 5.74) is 6.57. The average molecular weight is 373 g/mol.